The third-order valence-electron chi connectivity index (χ3n) is 4.43. The van der Waals surface area contributed by atoms with E-state index in [0.29, 0.717) is 11.4 Å². The summed E-state index contributed by atoms with van der Waals surface area (Å²) in [5, 5.41) is 5.36. The van der Waals surface area contributed by atoms with E-state index in [1.165, 1.54) is 12.1 Å². The Labute approximate surface area is 139 Å². The van der Waals surface area contributed by atoms with Crippen molar-refractivity contribution >= 4 is 23.3 Å². The van der Waals surface area contributed by atoms with Crippen LogP contribution in [0.25, 0.3) is 0 Å². The summed E-state index contributed by atoms with van der Waals surface area (Å²) in [6.45, 7) is 0. The van der Waals surface area contributed by atoms with Gasteiger partial charge in [-0.1, -0.05) is 24.6 Å². The maximum Gasteiger partial charge on any atom is 0.316 e. The van der Waals surface area contributed by atoms with Gasteiger partial charge in [-0.3, -0.25) is 4.79 Å². The molecule has 1 aliphatic rings. The molecule has 24 heavy (non-hydrogen) atoms. The molecule has 0 aromatic heterocycles. The summed E-state index contributed by atoms with van der Waals surface area (Å²) in [6, 6.07) is 12.2. The minimum atomic E-state index is -0.666. The first kappa shape index (κ1) is 16.0. The molecule has 0 saturated heterocycles. The number of carbonyl (C=O) groups is 2. The van der Waals surface area contributed by atoms with E-state index in [1.807, 2.05) is 0 Å². The number of nitrogens with one attached hydrogen (secondary N) is 2. The quantitative estimate of drug-likeness (QED) is 0.804. The molecule has 1 saturated carbocycles. The molecule has 3 amide bonds. The molecule has 1 fully saturated rings. The van der Waals surface area contributed by atoms with Crippen molar-refractivity contribution in [1.82, 2.24) is 0 Å². The molecule has 0 spiro atoms. The van der Waals surface area contributed by atoms with Crippen molar-refractivity contribution in [2.45, 2.75) is 24.7 Å². The third-order valence-corrected chi connectivity index (χ3v) is 4.43. The van der Waals surface area contributed by atoms with E-state index in [4.69, 9.17) is 5.73 Å². The average Bonchev–Trinajstić information content (AvgIpc) is 2.47. The molecule has 2 aromatic carbocycles. The fourth-order valence-electron chi connectivity index (χ4n) is 3.01. The standard InChI is InChI=1S/C18H18FN3O2/c19-13-7-5-12(6-8-13)18(9-2-10-18)16(23)21-14-3-1-4-15(11-14)22-17(20)24/h1,3-8,11H,2,9-10H2,(H,21,23)(H3,20,22,24). The summed E-state index contributed by atoms with van der Waals surface area (Å²) in [6.07, 6.45) is 2.40. The highest BCUT2D eigenvalue weighted by Gasteiger charge is 2.45. The van der Waals surface area contributed by atoms with Gasteiger partial charge >= 0.3 is 6.03 Å². The second-order valence-electron chi connectivity index (χ2n) is 5.97. The Morgan fingerprint density at radius 3 is 2.17 bits per heavy atom. The topological polar surface area (TPSA) is 84.2 Å². The molecule has 0 unspecified atom stereocenters. The lowest BCUT2D eigenvalue weighted by Crippen LogP contribution is -2.46. The normalized spacial score (nSPS) is 15.2. The zero-order chi connectivity index (χ0) is 17.2. The van der Waals surface area contributed by atoms with Gasteiger partial charge in [0.05, 0.1) is 5.41 Å². The van der Waals surface area contributed by atoms with Crippen molar-refractivity contribution in [3.8, 4) is 0 Å². The first-order valence-corrected chi connectivity index (χ1v) is 7.74. The Morgan fingerprint density at radius 2 is 1.62 bits per heavy atom. The van der Waals surface area contributed by atoms with Gasteiger partial charge in [-0.15, -0.1) is 0 Å². The van der Waals surface area contributed by atoms with Crippen LogP contribution >= 0.6 is 0 Å². The van der Waals surface area contributed by atoms with Crippen molar-refractivity contribution in [3.05, 3.63) is 59.9 Å². The van der Waals surface area contributed by atoms with Gasteiger partial charge in [0.15, 0.2) is 0 Å². The molecular weight excluding hydrogens is 309 g/mol. The lowest BCUT2D eigenvalue weighted by Gasteiger charge is -2.40. The van der Waals surface area contributed by atoms with Gasteiger partial charge in [0.2, 0.25) is 5.91 Å². The highest BCUT2D eigenvalue weighted by Crippen LogP contribution is 2.44. The van der Waals surface area contributed by atoms with Gasteiger partial charge < -0.3 is 16.4 Å². The Hall–Kier alpha value is -2.89. The van der Waals surface area contributed by atoms with Gasteiger partial charge in [0.1, 0.15) is 5.82 Å². The van der Waals surface area contributed by atoms with E-state index in [0.717, 1.165) is 24.8 Å². The lowest BCUT2D eigenvalue weighted by atomic mass is 9.64. The van der Waals surface area contributed by atoms with Crippen LogP contribution in [0.15, 0.2) is 48.5 Å². The summed E-state index contributed by atoms with van der Waals surface area (Å²) in [4.78, 5) is 23.7. The highest BCUT2D eigenvalue weighted by molar-refractivity contribution is 6.00. The fourth-order valence-corrected chi connectivity index (χ4v) is 3.01. The molecule has 1 aliphatic carbocycles. The Balaban J connectivity index is 1.80. The van der Waals surface area contributed by atoms with Crippen molar-refractivity contribution < 1.29 is 14.0 Å². The zero-order valence-electron chi connectivity index (χ0n) is 13.0. The minimum Gasteiger partial charge on any atom is -0.351 e. The van der Waals surface area contributed by atoms with Crippen LogP contribution in [0.3, 0.4) is 0 Å². The van der Waals surface area contributed by atoms with Gasteiger partial charge in [0.25, 0.3) is 0 Å². The number of hydrogen-bond donors (Lipinski definition) is 3. The number of amides is 3. The number of urea groups is 1. The van der Waals surface area contributed by atoms with Crippen molar-refractivity contribution in [2.24, 2.45) is 5.73 Å². The van der Waals surface area contributed by atoms with Crippen LogP contribution < -0.4 is 16.4 Å². The van der Waals surface area contributed by atoms with Crippen molar-refractivity contribution in [3.63, 3.8) is 0 Å². The van der Waals surface area contributed by atoms with Crippen LogP contribution in [-0.2, 0) is 10.2 Å². The predicted octanol–water partition coefficient (Wildman–Crippen LogP) is 3.38. The molecule has 0 atom stereocenters. The van der Waals surface area contributed by atoms with E-state index >= 15 is 0 Å². The van der Waals surface area contributed by atoms with Crippen LogP contribution in [0.4, 0.5) is 20.6 Å². The lowest BCUT2D eigenvalue weighted by molar-refractivity contribution is -0.124. The summed E-state index contributed by atoms with van der Waals surface area (Å²) >= 11 is 0. The maximum absolute atomic E-state index is 13.1. The van der Waals surface area contributed by atoms with Crippen LogP contribution in [0.5, 0.6) is 0 Å². The molecule has 6 heteroatoms. The van der Waals surface area contributed by atoms with Crippen LogP contribution in [-0.4, -0.2) is 11.9 Å². The summed E-state index contributed by atoms with van der Waals surface area (Å²) in [5.74, 6) is -0.449. The SMILES string of the molecule is NC(=O)Nc1cccc(NC(=O)C2(c3ccc(F)cc3)CCC2)c1. The molecule has 0 bridgehead atoms. The van der Waals surface area contributed by atoms with E-state index in [-0.39, 0.29) is 11.7 Å². The highest BCUT2D eigenvalue weighted by atomic mass is 19.1. The second kappa shape index (κ2) is 6.31. The van der Waals surface area contributed by atoms with Crippen LogP contribution in [0.1, 0.15) is 24.8 Å². The molecule has 3 rings (SSSR count). The number of nitrogens with two attached hydrogens (primary N) is 1. The first-order chi connectivity index (χ1) is 11.5. The Kier molecular flexibility index (Phi) is 4.20. The average molecular weight is 327 g/mol. The number of rotatable bonds is 4. The third kappa shape index (κ3) is 3.08. The number of benzene rings is 2. The number of primary amides is 1. The molecule has 0 radical (unpaired) electrons. The minimum absolute atomic E-state index is 0.128. The molecule has 2 aromatic rings. The van der Waals surface area contributed by atoms with Gasteiger partial charge in [0, 0.05) is 11.4 Å². The molecular formula is C18H18FN3O2. The predicted molar refractivity (Wildman–Crippen MR) is 90.2 cm³/mol. The fraction of sp³-hybridized carbons (Fsp3) is 0.222. The number of hydrogen-bond acceptors (Lipinski definition) is 2. The van der Waals surface area contributed by atoms with Gasteiger partial charge in [-0.25, -0.2) is 9.18 Å². The smallest absolute Gasteiger partial charge is 0.316 e. The summed E-state index contributed by atoms with van der Waals surface area (Å²) < 4.78 is 13.1. The number of anilines is 2. The molecule has 0 aliphatic heterocycles. The van der Waals surface area contributed by atoms with Crippen LogP contribution in [0, 0.1) is 5.82 Å². The maximum atomic E-state index is 13.1. The molecule has 5 nitrogen and oxygen atoms in total. The number of carbonyl (C=O) groups excluding carboxylic acids is 2. The second-order valence-corrected chi connectivity index (χ2v) is 5.97. The van der Waals surface area contributed by atoms with Gasteiger partial charge in [-0.05, 0) is 48.7 Å². The molecule has 4 N–H and O–H groups in total. The number of halogens is 1. The van der Waals surface area contributed by atoms with E-state index in [1.54, 1.807) is 36.4 Å². The van der Waals surface area contributed by atoms with Crippen molar-refractivity contribution in [2.75, 3.05) is 10.6 Å². The van der Waals surface area contributed by atoms with Crippen LogP contribution in [0.2, 0.25) is 0 Å². The van der Waals surface area contributed by atoms with Crippen molar-refractivity contribution in [1.29, 1.82) is 0 Å². The first-order valence-electron chi connectivity index (χ1n) is 7.74. The van der Waals surface area contributed by atoms with E-state index in [2.05, 4.69) is 10.6 Å². The molecule has 0 heterocycles. The van der Waals surface area contributed by atoms with E-state index in [9.17, 15) is 14.0 Å². The summed E-state index contributed by atoms with van der Waals surface area (Å²) in [7, 11) is 0. The zero-order valence-corrected chi connectivity index (χ0v) is 13.0. The molecule has 124 valence electrons. The monoisotopic (exact) mass is 327 g/mol. The largest absolute Gasteiger partial charge is 0.351 e. The summed E-state index contributed by atoms with van der Waals surface area (Å²) in [5.41, 5.74) is 6.36. The van der Waals surface area contributed by atoms with Gasteiger partial charge in [-0.2, -0.15) is 0 Å². The van der Waals surface area contributed by atoms with E-state index < -0.39 is 11.4 Å². The Morgan fingerprint density at radius 1 is 1.00 bits per heavy atom. The Bertz CT molecular complexity index is 770.